The lowest BCUT2D eigenvalue weighted by Crippen LogP contribution is -2.33. The monoisotopic (exact) mass is 277 g/mol. The van der Waals surface area contributed by atoms with Crippen LogP contribution in [0.1, 0.15) is 30.0 Å². The molecule has 0 aliphatic heterocycles. The number of para-hydroxylation sites is 1. The number of hydrogen-bond donors (Lipinski definition) is 3. The van der Waals surface area contributed by atoms with E-state index >= 15 is 0 Å². The van der Waals surface area contributed by atoms with Gasteiger partial charge in [-0.3, -0.25) is 0 Å². The third-order valence-corrected chi connectivity index (χ3v) is 3.61. The average molecular weight is 277 g/mol. The first-order valence-electron chi connectivity index (χ1n) is 6.62. The molecule has 2 aromatic rings. The van der Waals surface area contributed by atoms with E-state index in [-0.39, 0.29) is 24.1 Å². The van der Waals surface area contributed by atoms with Crippen molar-refractivity contribution >= 4 is 16.9 Å². The number of aliphatic hydroxyl groups excluding tert-OH is 1. The smallest absolute Gasteiger partial charge is 0.339 e. The molecule has 0 aliphatic rings. The maximum Gasteiger partial charge on any atom is 0.339 e. The van der Waals surface area contributed by atoms with Crippen LogP contribution in [-0.4, -0.2) is 28.8 Å². The molecule has 1 aromatic heterocycles. The third kappa shape index (κ3) is 2.84. The minimum absolute atomic E-state index is 0.0647. The molecule has 20 heavy (non-hydrogen) atoms. The quantitative estimate of drug-likeness (QED) is 0.754. The zero-order valence-electron chi connectivity index (χ0n) is 11.6. The number of furan rings is 1. The molecule has 1 aromatic carbocycles. The van der Waals surface area contributed by atoms with E-state index in [0.29, 0.717) is 23.3 Å². The Bertz CT molecular complexity index is 605. The second-order valence-electron chi connectivity index (χ2n) is 5.03. The molecule has 0 fully saturated rings. The summed E-state index contributed by atoms with van der Waals surface area (Å²) in [7, 11) is 0. The summed E-state index contributed by atoms with van der Waals surface area (Å²) in [5, 5.41) is 22.2. The summed E-state index contributed by atoms with van der Waals surface area (Å²) in [6, 6.07) is 7.16. The summed E-state index contributed by atoms with van der Waals surface area (Å²) in [6.07, 6.45) is 0. The number of hydrogen-bond acceptors (Lipinski definition) is 4. The fourth-order valence-electron chi connectivity index (χ4n) is 2.07. The van der Waals surface area contributed by atoms with Crippen LogP contribution in [0.3, 0.4) is 0 Å². The number of aromatic carboxylic acids is 1. The second kappa shape index (κ2) is 6.07. The first-order valence-corrected chi connectivity index (χ1v) is 6.62. The highest BCUT2D eigenvalue weighted by Crippen LogP contribution is 2.26. The zero-order chi connectivity index (χ0) is 14.7. The van der Waals surface area contributed by atoms with E-state index in [1.54, 1.807) is 18.2 Å². The van der Waals surface area contributed by atoms with Gasteiger partial charge < -0.3 is 19.9 Å². The average Bonchev–Trinajstić information content (AvgIpc) is 2.82. The van der Waals surface area contributed by atoms with Crippen molar-refractivity contribution in [3.05, 3.63) is 35.6 Å². The standard InChI is InChI=1S/C15H19NO4/c1-9(8-17)10(2)16-7-13-14(15(18)19)11-5-3-4-6-12(11)20-13/h3-6,9-10,16-17H,7-8H2,1-2H3,(H,18,19). The highest BCUT2D eigenvalue weighted by molar-refractivity contribution is 6.03. The van der Waals surface area contributed by atoms with Gasteiger partial charge in [0.2, 0.25) is 0 Å². The molecular weight excluding hydrogens is 258 g/mol. The van der Waals surface area contributed by atoms with Gasteiger partial charge in [-0.2, -0.15) is 0 Å². The van der Waals surface area contributed by atoms with Crippen molar-refractivity contribution in [2.24, 2.45) is 5.92 Å². The number of benzene rings is 1. The lowest BCUT2D eigenvalue weighted by Gasteiger charge is -2.18. The number of carbonyl (C=O) groups is 1. The molecular formula is C15H19NO4. The van der Waals surface area contributed by atoms with Gasteiger partial charge in [0, 0.05) is 18.0 Å². The van der Waals surface area contributed by atoms with Gasteiger partial charge >= 0.3 is 5.97 Å². The summed E-state index contributed by atoms with van der Waals surface area (Å²) >= 11 is 0. The summed E-state index contributed by atoms with van der Waals surface area (Å²) in [5.74, 6) is -0.488. The van der Waals surface area contributed by atoms with E-state index in [1.165, 1.54) is 0 Å². The van der Waals surface area contributed by atoms with E-state index in [1.807, 2.05) is 19.9 Å². The molecule has 2 atom stereocenters. The Morgan fingerprint density at radius 2 is 2.05 bits per heavy atom. The van der Waals surface area contributed by atoms with Crippen LogP contribution >= 0.6 is 0 Å². The topological polar surface area (TPSA) is 82.7 Å². The molecule has 0 amide bonds. The van der Waals surface area contributed by atoms with Crippen molar-refractivity contribution in [1.82, 2.24) is 5.32 Å². The molecule has 1 heterocycles. The van der Waals surface area contributed by atoms with Crippen LogP contribution in [0.4, 0.5) is 0 Å². The van der Waals surface area contributed by atoms with Gasteiger partial charge in [-0.05, 0) is 18.9 Å². The number of carboxylic acids is 1. The number of carboxylic acid groups (broad SMARTS) is 1. The molecule has 2 unspecified atom stereocenters. The predicted molar refractivity (Wildman–Crippen MR) is 75.7 cm³/mol. The van der Waals surface area contributed by atoms with Gasteiger partial charge in [-0.1, -0.05) is 25.1 Å². The van der Waals surface area contributed by atoms with E-state index in [4.69, 9.17) is 9.52 Å². The van der Waals surface area contributed by atoms with Crippen LogP contribution in [0.5, 0.6) is 0 Å². The Balaban J connectivity index is 2.25. The van der Waals surface area contributed by atoms with Gasteiger partial charge in [-0.15, -0.1) is 0 Å². The molecule has 0 radical (unpaired) electrons. The largest absolute Gasteiger partial charge is 0.478 e. The molecule has 0 aliphatic carbocycles. The van der Waals surface area contributed by atoms with Gasteiger partial charge in [0.1, 0.15) is 16.9 Å². The fourth-order valence-corrected chi connectivity index (χ4v) is 2.07. The van der Waals surface area contributed by atoms with Gasteiger partial charge in [-0.25, -0.2) is 4.79 Å². The molecule has 5 heteroatoms. The number of rotatable bonds is 6. The van der Waals surface area contributed by atoms with Crippen molar-refractivity contribution in [2.45, 2.75) is 26.4 Å². The lowest BCUT2D eigenvalue weighted by molar-refractivity contribution is 0.0695. The minimum atomic E-state index is -0.991. The zero-order valence-corrected chi connectivity index (χ0v) is 11.6. The third-order valence-electron chi connectivity index (χ3n) is 3.61. The van der Waals surface area contributed by atoms with Crippen LogP contribution in [0, 0.1) is 5.92 Å². The molecule has 0 spiro atoms. The first kappa shape index (κ1) is 14.6. The van der Waals surface area contributed by atoms with Crippen LogP contribution < -0.4 is 5.32 Å². The van der Waals surface area contributed by atoms with Crippen LogP contribution in [-0.2, 0) is 6.54 Å². The van der Waals surface area contributed by atoms with Crippen molar-refractivity contribution in [2.75, 3.05) is 6.61 Å². The van der Waals surface area contributed by atoms with E-state index < -0.39 is 5.97 Å². The number of nitrogens with one attached hydrogen (secondary N) is 1. The molecule has 0 saturated heterocycles. The highest BCUT2D eigenvalue weighted by atomic mass is 16.4. The second-order valence-corrected chi connectivity index (χ2v) is 5.03. The number of aliphatic hydroxyl groups is 1. The van der Waals surface area contributed by atoms with Gasteiger partial charge in [0.05, 0.1) is 6.54 Å². The first-order chi connectivity index (χ1) is 9.54. The van der Waals surface area contributed by atoms with Crippen molar-refractivity contribution in [1.29, 1.82) is 0 Å². The predicted octanol–water partition coefficient (Wildman–Crippen LogP) is 2.24. The highest BCUT2D eigenvalue weighted by Gasteiger charge is 2.20. The van der Waals surface area contributed by atoms with Gasteiger partial charge in [0.15, 0.2) is 0 Å². The normalized spacial score (nSPS) is 14.3. The van der Waals surface area contributed by atoms with Crippen LogP contribution in [0.25, 0.3) is 11.0 Å². The molecule has 2 rings (SSSR count). The number of fused-ring (bicyclic) bond motifs is 1. The van der Waals surface area contributed by atoms with E-state index in [0.717, 1.165) is 0 Å². The van der Waals surface area contributed by atoms with Gasteiger partial charge in [0.25, 0.3) is 0 Å². The Hall–Kier alpha value is -1.85. The Labute approximate surface area is 117 Å². The molecule has 108 valence electrons. The maximum absolute atomic E-state index is 11.4. The molecule has 0 saturated carbocycles. The summed E-state index contributed by atoms with van der Waals surface area (Å²) in [4.78, 5) is 11.4. The maximum atomic E-state index is 11.4. The van der Waals surface area contributed by atoms with E-state index in [9.17, 15) is 9.90 Å². The summed E-state index contributed by atoms with van der Waals surface area (Å²) in [6.45, 7) is 4.28. The Morgan fingerprint density at radius 1 is 1.35 bits per heavy atom. The SMILES string of the molecule is CC(CO)C(C)NCc1oc2ccccc2c1C(=O)O. The summed E-state index contributed by atoms with van der Waals surface area (Å²) in [5.41, 5.74) is 0.779. The van der Waals surface area contributed by atoms with Crippen LogP contribution in [0.15, 0.2) is 28.7 Å². The molecule has 3 N–H and O–H groups in total. The Kier molecular flexibility index (Phi) is 4.42. The minimum Gasteiger partial charge on any atom is -0.478 e. The Morgan fingerprint density at radius 3 is 2.70 bits per heavy atom. The molecule has 5 nitrogen and oxygen atoms in total. The lowest BCUT2D eigenvalue weighted by atomic mass is 10.0. The van der Waals surface area contributed by atoms with Crippen molar-refractivity contribution < 1.29 is 19.4 Å². The van der Waals surface area contributed by atoms with E-state index in [2.05, 4.69) is 5.32 Å². The summed E-state index contributed by atoms with van der Waals surface area (Å²) < 4.78 is 5.62. The van der Waals surface area contributed by atoms with Crippen molar-refractivity contribution in [3.8, 4) is 0 Å². The fraction of sp³-hybridized carbons (Fsp3) is 0.400. The molecule has 0 bridgehead atoms. The van der Waals surface area contributed by atoms with Crippen LogP contribution in [0.2, 0.25) is 0 Å². The van der Waals surface area contributed by atoms with Crippen molar-refractivity contribution in [3.63, 3.8) is 0 Å².